The fourth-order valence-corrected chi connectivity index (χ4v) is 6.06. The molecule has 11 heteroatoms. The van der Waals surface area contributed by atoms with Crippen LogP contribution in [0.4, 0.5) is 10.5 Å². The number of carbonyl (C=O) groups excluding carboxylic acids is 2. The first kappa shape index (κ1) is 27.1. The number of nitrogens with zero attached hydrogens (tertiary/aromatic N) is 3. The van der Waals surface area contributed by atoms with Crippen LogP contribution >= 0.6 is 0 Å². The van der Waals surface area contributed by atoms with Crippen molar-refractivity contribution >= 4 is 28.7 Å². The van der Waals surface area contributed by atoms with Crippen molar-refractivity contribution in [2.75, 3.05) is 58.5 Å². The lowest BCUT2D eigenvalue weighted by atomic mass is 9.78. The van der Waals surface area contributed by atoms with Gasteiger partial charge in [-0.15, -0.1) is 0 Å². The molecule has 3 atom stereocenters. The van der Waals surface area contributed by atoms with E-state index in [1.807, 2.05) is 30.3 Å². The van der Waals surface area contributed by atoms with E-state index < -0.39 is 17.8 Å². The number of carbonyl (C=O) groups is 2. The Bertz CT molecular complexity index is 1460. The lowest BCUT2D eigenvalue weighted by molar-refractivity contribution is -0.146. The van der Waals surface area contributed by atoms with Gasteiger partial charge in [-0.2, -0.15) is 0 Å². The zero-order valence-corrected chi connectivity index (χ0v) is 23.1. The molecule has 1 amide bonds. The molecule has 6 rings (SSSR count). The third-order valence-electron chi connectivity index (χ3n) is 8.26. The van der Waals surface area contributed by atoms with Gasteiger partial charge in [-0.05, 0) is 42.0 Å². The Morgan fingerprint density at radius 3 is 2.78 bits per heavy atom. The lowest BCUT2D eigenvalue weighted by Gasteiger charge is -2.44. The number of anilines is 1. The summed E-state index contributed by atoms with van der Waals surface area (Å²) in [5.74, 6) is 1.19. The number of likely N-dealkylation sites (tertiary alicyclic amines) is 1. The van der Waals surface area contributed by atoms with E-state index in [-0.39, 0.29) is 24.9 Å². The zero-order chi connectivity index (χ0) is 28.6. The molecule has 0 saturated carbocycles. The molecule has 1 spiro atoms. The largest absolute Gasteiger partial charge is 0.497 e. The van der Waals surface area contributed by atoms with Gasteiger partial charge < -0.3 is 28.8 Å². The van der Waals surface area contributed by atoms with Crippen molar-refractivity contribution in [3.8, 4) is 17.2 Å². The smallest absolute Gasteiger partial charge is 0.415 e. The third kappa shape index (κ3) is 5.22. The van der Waals surface area contributed by atoms with Gasteiger partial charge in [-0.25, -0.2) is 4.79 Å². The van der Waals surface area contributed by atoms with E-state index in [1.165, 1.54) is 7.11 Å². The first-order valence-corrected chi connectivity index (χ1v) is 13.7. The van der Waals surface area contributed by atoms with Crippen LogP contribution in [-0.2, 0) is 14.3 Å². The van der Waals surface area contributed by atoms with Crippen LogP contribution in [0.2, 0.25) is 0 Å². The number of ether oxygens (including phenoxy) is 5. The third-order valence-corrected chi connectivity index (χ3v) is 8.26. The number of hydrogen-bond acceptors (Lipinski definition) is 10. The summed E-state index contributed by atoms with van der Waals surface area (Å²) >= 11 is 0. The number of hydrogen-bond donors (Lipinski definition) is 1. The molecule has 2 saturated heterocycles. The average Bonchev–Trinajstić information content (AvgIpc) is 3.34. The summed E-state index contributed by atoms with van der Waals surface area (Å²) in [6.45, 7) is 2.57. The Kier molecular flexibility index (Phi) is 7.31. The number of fused-ring (bicyclic) bond motifs is 2. The first-order chi connectivity index (χ1) is 19.9. The highest BCUT2D eigenvalue weighted by Gasteiger charge is 2.54. The highest BCUT2D eigenvalue weighted by molar-refractivity contribution is 5.91. The summed E-state index contributed by atoms with van der Waals surface area (Å²) in [5.41, 5.74) is 1.28. The van der Waals surface area contributed by atoms with Crippen molar-refractivity contribution in [3.63, 3.8) is 0 Å². The minimum absolute atomic E-state index is 0.0841. The monoisotopic (exact) mass is 563 g/mol. The number of rotatable bonds is 7. The van der Waals surface area contributed by atoms with E-state index in [0.717, 1.165) is 16.5 Å². The first-order valence-electron chi connectivity index (χ1n) is 13.7. The summed E-state index contributed by atoms with van der Waals surface area (Å²) in [7, 11) is 2.95. The van der Waals surface area contributed by atoms with Crippen LogP contribution in [0.5, 0.6) is 17.2 Å². The van der Waals surface area contributed by atoms with Crippen molar-refractivity contribution in [1.82, 2.24) is 9.88 Å². The molecule has 3 unspecified atom stereocenters. The Morgan fingerprint density at radius 1 is 1.15 bits per heavy atom. The predicted octanol–water partition coefficient (Wildman–Crippen LogP) is 3.33. The van der Waals surface area contributed by atoms with Gasteiger partial charge in [0.2, 0.25) is 0 Å². The molecule has 1 N–H and O–H groups in total. The molecule has 0 radical (unpaired) electrons. The average molecular weight is 564 g/mol. The van der Waals surface area contributed by atoms with Crippen LogP contribution in [0.15, 0.2) is 48.7 Å². The molecular formula is C30H33N3O8. The SMILES string of the molecule is COC(=O)CC1CN(CC(O)c2ccnc3ccc(OC)cc23)CCC12CN(c1ccc3c(c1)OCCO3)C(=O)O2. The molecule has 0 aliphatic carbocycles. The van der Waals surface area contributed by atoms with E-state index >= 15 is 0 Å². The fraction of sp³-hybridized carbons (Fsp3) is 0.433. The fourth-order valence-electron chi connectivity index (χ4n) is 6.06. The molecule has 1 aromatic heterocycles. The molecular weight excluding hydrogens is 530 g/mol. The van der Waals surface area contributed by atoms with Crippen LogP contribution in [0.3, 0.4) is 0 Å². The number of β-amino-alcohol motifs (C(OH)–C–C–N with tert-alkyl or cyclic N) is 1. The number of aromatic nitrogens is 1. The van der Waals surface area contributed by atoms with Gasteiger partial charge in [0, 0.05) is 49.6 Å². The number of aliphatic hydroxyl groups is 1. The summed E-state index contributed by atoms with van der Waals surface area (Å²) in [6.07, 6.45) is 0.992. The molecule has 4 heterocycles. The Balaban J connectivity index is 1.21. The quantitative estimate of drug-likeness (QED) is 0.429. The van der Waals surface area contributed by atoms with Crippen molar-refractivity contribution < 1.29 is 38.4 Å². The lowest BCUT2D eigenvalue weighted by Crippen LogP contribution is -2.55. The summed E-state index contributed by atoms with van der Waals surface area (Å²) < 4.78 is 27.8. The maximum atomic E-state index is 13.2. The van der Waals surface area contributed by atoms with Gasteiger partial charge in [0.1, 0.15) is 24.6 Å². The Morgan fingerprint density at radius 2 is 1.98 bits per heavy atom. The second kappa shape index (κ2) is 11.1. The standard InChI is InChI=1S/C30H33N3O8/c1-37-21-4-5-24-23(15-21)22(7-9-31-24)25(34)17-32-10-8-30(19(16-32)13-28(35)38-2)18-33(29(36)41-30)20-3-6-26-27(14-20)40-12-11-39-26/h3-7,9,14-15,19,25,34H,8,10-13,16-18H2,1-2H3. The van der Waals surface area contributed by atoms with Crippen molar-refractivity contribution in [2.45, 2.75) is 24.5 Å². The van der Waals surface area contributed by atoms with Crippen LogP contribution < -0.4 is 19.1 Å². The van der Waals surface area contributed by atoms with Gasteiger partial charge >= 0.3 is 12.1 Å². The number of aliphatic hydroxyl groups excluding tert-OH is 1. The highest BCUT2D eigenvalue weighted by Crippen LogP contribution is 2.43. The van der Waals surface area contributed by atoms with Crippen LogP contribution in [0.25, 0.3) is 10.9 Å². The van der Waals surface area contributed by atoms with Crippen molar-refractivity contribution in [1.29, 1.82) is 0 Å². The van der Waals surface area contributed by atoms with E-state index in [0.29, 0.717) is 62.2 Å². The normalized spacial score (nSPS) is 23.0. The molecule has 216 valence electrons. The molecule has 3 aliphatic rings. The van der Waals surface area contributed by atoms with Gasteiger partial charge in [0.05, 0.1) is 44.5 Å². The van der Waals surface area contributed by atoms with Crippen LogP contribution in [-0.4, -0.2) is 86.3 Å². The molecule has 11 nitrogen and oxygen atoms in total. The Hall–Kier alpha value is -4.09. The summed E-state index contributed by atoms with van der Waals surface area (Å²) in [6, 6.07) is 12.8. The van der Waals surface area contributed by atoms with Crippen molar-refractivity contribution in [2.24, 2.45) is 5.92 Å². The van der Waals surface area contributed by atoms with Gasteiger partial charge in [0.15, 0.2) is 11.5 Å². The highest BCUT2D eigenvalue weighted by atomic mass is 16.6. The van der Waals surface area contributed by atoms with Crippen LogP contribution in [0, 0.1) is 5.92 Å². The molecule has 41 heavy (non-hydrogen) atoms. The predicted molar refractivity (Wildman–Crippen MR) is 148 cm³/mol. The van der Waals surface area contributed by atoms with Gasteiger partial charge in [-0.3, -0.25) is 19.6 Å². The number of amides is 1. The molecule has 0 bridgehead atoms. The molecule has 2 fully saturated rings. The van der Waals surface area contributed by atoms with E-state index in [4.69, 9.17) is 23.7 Å². The number of benzene rings is 2. The van der Waals surface area contributed by atoms with Crippen molar-refractivity contribution in [3.05, 3.63) is 54.2 Å². The maximum absolute atomic E-state index is 13.2. The van der Waals surface area contributed by atoms with Crippen LogP contribution in [0.1, 0.15) is 24.5 Å². The van der Waals surface area contributed by atoms with Gasteiger partial charge in [0.25, 0.3) is 0 Å². The summed E-state index contributed by atoms with van der Waals surface area (Å²) in [5, 5.41) is 12.1. The maximum Gasteiger partial charge on any atom is 0.415 e. The van der Waals surface area contributed by atoms with E-state index in [2.05, 4.69) is 9.88 Å². The number of pyridine rings is 1. The minimum Gasteiger partial charge on any atom is -0.497 e. The Labute approximate surface area is 237 Å². The molecule has 2 aromatic carbocycles. The second-order valence-electron chi connectivity index (χ2n) is 10.6. The number of piperidine rings is 1. The topological polar surface area (TPSA) is 120 Å². The van der Waals surface area contributed by atoms with E-state index in [1.54, 1.807) is 30.3 Å². The second-order valence-corrected chi connectivity index (χ2v) is 10.6. The minimum atomic E-state index is -0.878. The number of methoxy groups -OCH3 is 2. The molecule has 3 aromatic rings. The number of esters is 1. The van der Waals surface area contributed by atoms with E-state index in [9.17, 15) is 14.7 Å². The van der Waals surface area contributed by atoms with Gasteiger partial charge in [-0.1, -0.05) is 0 Å². The zero-order valence-electron chi connectivity index (χ0n) is 23.1. The summed E-state index contributed by atoms with van der Waals surface area (Å²) in [4.78, 5) is 33.8. The molecule has 3 aliphatic heterocycles.